The second kappa shape index (κ2) is 7.59. The van der Waals surface area contributed by atoms with Crippen LogP contribution >= 0.6 is 0 Å². The highest BCUT2D eigenvalue weighted by Gasteiger charge is 2.23. The molecule has 5 nitrogen and oxygen atoms in total. The van der Waals surface area contributed by atoms with E-state index in [-0.39, 0.29) is 17.9 Å². The fourth-order valence-electron chi connectivity index (χ4n) is 1.93. The van der Waals surface area contributed by atoms with Crippen LogP contribution in [0.2, 0.25) is 0 Å². The van der Waals surface area contributed by atoms with Gasteiger partial charge in [-0.25, -0.2) is 8.42 Å². The molecule has 108 valence electrons. The average Bonchev–Trinajstić information content (AvgIpc) is 2.38. The molecule has 0 saturated carbocycles. The van der Waals surface area contributed by atoms with Crippen LogP contribution in [0.3, 0.4) is 0 Å². The Morgan fingerprint density at radius 2 is 1.95 bits per heavy atom. The minimum atomic E-state index is -3.01. The van der Waals surface area contributed by atoms with Crippen molar-refractivity contribution in [3.8, 4) is 0 Å². The summed E-state index contributed by atoms with van der Waals surface area (Å²) < 4.78 is 28.2. The van der Waals surface area contributed by atoms with E-state index in [0.29, 0.717) is 13.0 Å². The number of benzene rings is 1. The summed E-state index contributed by atoms with van der Waals surface area (Å²) >= 11 is 0. The molecule has 0 bridgehead atoms. The van der Waals surface area contributed by atoms with Crippen LogP contribution in [0.25, 0.3) is 0 Å². The van der Waals surface area contributed by atoms with Crippen LogP contribution in [-0.2, 0) is 14.6 Å². The topological polar surface area (TPSA) is 81.4 Å². The molecule has 1 aromatic carbocycles. The highest BCUT2D eigenvalue weighted by molar-refractivity contribution is 7.90. The van der Waals surface area contributed by atoms with Gasteiger partial charge in [-0.15, -0.1) is 0 Å². The highest BCUT2D eigenvalue weighted by Crippen LogP contribution is 2.23. The van der Waals surface area contributed by atoms with Crippen LogP contribution in [0.1, 0.15) is 25.0 Å². The van der Waals surface area contributed by atoms with Gasteiger partial charge in [0.05, 0.1) is 17.9 Å². The van der Waals surface area contributed by atoms with Gasteiger partial charge in [0.25, 0.3) is 0 Å². The van der Waals surface area contributed by atoms with Gasteiger partial charge in [-0.05, 0) is 18.9 Å². The van der Waals surface area contributed by atoms with Gasteiger partial charge < -0.3 is 4.74 Å². The Kier molecular flexibility index (Phi) is 6.44. The van der Waals surface area contributed by atoms with Crippen LogP contribution in [-0.4, -0.2) is 33.1 Å². The van der Waals surface area contributed by atoms with Crippen molar-refractivity contribution in [1.82, 2.24) is 5.43 Å². The monoisotopic (exact) mass is 286 g/mol. The van der Waals surface area contributed by atoms with Crippen molar-refractivity contribution >= 4 is 9.84 Å². The number of nitrogens with two attached hydrogens (primary N) is 1. The van der Waals surface area contributed by atoms with Crippen LogP contribution in [0.5, 0.6) is 0 Å². The molecule has 0 aromatic heterocycles. The predicted octanol–water partition coefficient (Wildman–Crippen LogP) is 1.03. The molecular weight excluding hydrogens is 264 g/mol. The number of rotatable bonds is 8. The molecule has 0 aliphatic carbocycles. The summed E-state index contributed by atoms with van der Waals surface area (Å²) in [7, 11) is -3.01. The van der Waals surface area contributed by atoms with E-state index in [2.05, 4.69) is 5.43 Å². The first-order chi connectivity index (χ1) is 8.98. The summed E-state index contributed by atoms with van der Waals surface area (Å²) in [6.07, 6.45) is 1.38. The van der Waals surface area contributed by atoms with E-state index in [0.717, 1.165) is 5.56 Å². The molecule has 0 radical (unpaired) electrons. The summed E-state index contributed by atoms with van der Waals surface area (Å²) in [5.74, 6) is 5.63. The van der Waals surface area contributed by atoms with Gasteiger partial charge in [0.1, 0.15) is 9.84 Å². The highest BCUT2D eigenvalue weighted by atomic mass is 32.2. The molecule has 1 rings (SSSR count). The standard InChI is InChI=1S/C13H22N2O3S/c1-3-18-13(11-7-5-4-6-8-11)12(15-14)9-10-19(2,16)17/h4-8,12-13,15H,3,9-10,14H2,1-2H3. The third-order valence-electron chi connectivity index (χ3n) is 2.85. The first-order valence-corrected chi connectivity index (χ1v) is 8.34. The Morgan fingerprint density at radius 3 is 2.42 bits per heavy atom. The Morgan fingerprint density at radius 1 is 1.32 bits per heavy atom. The summed E-state index contributed by atoms with van der Waals surface area (Å²) in [4.78, 5) is 0. The lowest BCUT2D eigenvalue weighted by Gasteiger charge is -2.26. The zero-order chi connectivity index (χ0) is 14.3. The van der Waals surface area contributed by atoms with Gasteiger partial charge in [0.2, 0.25) is 0 Å². The zero-order valence-corrected chi connectivity index (χ0v) is 12.2. The van der Waals surface area contributed by atoms with E-state index >= 15 is 0 Å². The van der Waals surface area contributed by atoms with E-state index in [1.54, 1.807) is 0 Å². The molecular formula is C13H22N2O3S. The van der Waals surface area contributed by atoms with E-state index in [1.807, 2.05) is 37.3 Å². The van der Waals surface area contributed by atoms with Crippen LogP contribution < -0.4 is 11.3 Å². The van der Waals surface area contributed by atoms with Gasteiger partial charge in [-0.1, -0.05) is 30.3 Å². The molecule has 0 spiro atoms. The second-order valence-corrected chi connectivity index (χ2v) is 6.74. The quantitative estimate of drug-likeness (QED) is 0.551. The van der Waals surface area contributed by atoms with Crippen molar-refractivity contribution in [1.29, 1.82) is 0 Å². The van der Waals surface area contributed by atoms with Gasteiger partial charge in [-0.3, -0.25) is 11.3 Å². The van der Waals surface area contributed by atoms with E-state index in [1.165, 1.54) is 6.26 Å². The normalized spacial score (nSPS) is 15.1. The van der Waals surface area contributed by atoms with Crippen LogP contribution in [0.4, 0.5) is 0 Å². The number of nitrogens with one attached hydrogen (secondary N) is 1. The molecule has 0 aliphatic heterocycles. The van der Waals surface area contributed by atoms with Crippen LogP contribution in [0.15, 0.2) is 30.3 Å². The summed E-state index contributed by atoms with van der Waals surface area (Å²) in [6.45, 7) is 2.44. The van der Waals surface area contributed by atoms with E-state index in [4.69, 9.17) is 10.6 Å². The molecule has 0 fully saturated rings. The predicted molar refractivity (Wildman–Crippen MR) is 76.2 cm³/mol. The molecule has 2 unspecified atom stereocenters. The third kappa shape index (κ3) is 5.69. The molecule has 2 atom stereocenters. The maximum atomic E-state index is 11.3. The third-order valence-corrected chi connectivity index (χ3v) is 3.83. The maximum Gasteiger partial charge on any atom is 0.147 e. The summed E-state index contributed by atoms with van der Waals surface area (Å²) in [6, 6.07) is 9.43. The maximum absolute atomic E-state index is 11.3. The number of hydrogen-bond acceptors (Lipinski definition) is 5. The zero-order valence-electron chi connectivity index (χ0n) is 11.4. The van der Waals surface area contributed by atoms with Gasteiger partial charge >= 0.3 is 0 Å². The first kappa shape index (κ1) is 16.1. The molecule has 0 aliphatic rings. The molecule has 0 saturated heterocycles. The fraction of sp³-hybridized carbons (Fsp3) is 0.538. The van der Waals surface area contributed by atoms with Gasteiger partial charge in [0, 0.05) is 12.9 Å². The van der Waals surface area contributed by atoms with Crippen molar-refractivity contribution < 1.29 is 13.2 Å². The van der Waals surface area contributed by atoms with Crippen molar-refractivity contribution in [2.45, 2.75) is 25.5 Å². The van der Waals surface area contributed by atoms with Crippen molar-refractivity contribution in [2.24, 2.45) is 5.84 Å². The van der Waals surface area contributed by atoms with Crippen molar-refractivity contribution in [3.05, 3.63) is 35.9 Å². The minimum absolute atomic E-state index is 0.0816. The van der Waals surface area contributed by atoms with Crippen LogP contribution in [0, 0.1) is 0 Å². The fourth-order valence-corrected chi connectivity index (χ4v) is 2.61. The minimum Gasteiger partial charge on any atom is -0.372 e. The SMILES string of the molecule is CCOC(c1ccccc1)C(CCS(C)(=O)=O)NN. The largest absolute Gasteiger partial charge is 0.372 e. The number of ether oxygens (including phenoxy) is 1. The molecule has 19 heavy (non-hydrogen) atoms. The number of hydrogen-bond donors (Lipinski definition) is 2. The van der Waals surface area contributed by atoms with E-state index < -0.39 is 9.84 Å². The lowest BCUT2D eigenvalue weighted by molar-refractivity contribution is 0.0324. The Bertz CT molecular complexity index is 462. The average molecular weight is 286 g/mol. The molecule has 0 amide bonds. The lowest BCUT2D eigenvalue weighted by Crippen LogP contribution is -2.42. The van der Waals surface area contributed by atoms with Crippen molar-refractivity contribution in [2.75, 3.05) is 18.6 Å². The summed E-state index contributed by atoms with van der Waals surface area (Å²) in [5.41, 5.74) is 3.66. The molecule has 6 heteroatoms. The Hall–Kier alpha value is -0.950. The van der Waals surface area contributed by atoms with Crippen molar-refractivity contribution in [3.63, 3.8) is 0 Å². The molecule has 0 heterocycles. The smallest absolute Gasteiger partial charge is 0.147 e. The molecule has 3 N–H and O–H groups in total. The second-order valence-electron chi connectivity index (χ2n) is 4.48. The Labute approximate surface area is 115 Å². The number of hydrazine groups is 1. The Balaban J connectivity index is 2.83. The first-order valence-electron chi connectivity index (χ1n) is 6.28. The number of sulfone groups is 1. The van der Waals surface area contributed by atoms with Gasteiger partial charge in [0.15, 0.2) is 0 Å². The lowest BCUT2D eigenvalue weighted by atomic mass is 10.0. The van der Waals surface area contributed by atoms with E-state index in [9.17, 15) is 8.42 Å². The van der Waals surface area contributed by atoms with Gasteiger partial charge in [-0.2, -0.15) is 0 Å². The molecule has 1 aromatic rings. The summed E-state index contributed by atoms with van der Waals surface area (Å²) in [5, 5.41) is 0.